The third-order valence-corrected chi connectivity index (χ3v) is 8.27. The van der Waals surface area contributed by atoms with Gasteiger partial charge in [0, 0.05) is 5.92 Å². The van der Waals surface area contributed by atoms with Gasteiger partial charge in [-0.1, -0.05) is 26.3 Å². The van der Waals surface area contributed by atoms with Gasteiger partial charge < -0.3 is 15.9 Å². The number of aliphatic hydroxyl groups is 1. The maximum Gasteiger partial charge on any atom is 0.235 e. The van der Waals surface area contributed by atoms with Gasteiger partial charge in [-0.25, -0.2) is 0 Å². The van der Waals surface area contributed by atoms with Crippen LogP contribution < -0.4 is 5.73 Å². The zero-order valence-corrected chi connectivity index (χ0v) is 21.1. The van der Waals surface area contributed by atoms with E-state index in [0.29, 0.717) is 24.3 Å². The van der Waals surface area contributed by atoms with E-state index in [1.54, 1.807) is 20.2 Å². The number of Topliss-reactive ketones (excluding diaryl/α,β-unsaturated/α-hetero) is 4. The number of carbonyl (C=O) groups is 5. The molecule has 0 aromatic heterocycles. The Hall–Kier alpha value is -2.91. The number of phenolic OH excluding ortho intramolecular Hbond substituents is 1. The lowest BCUT2D eigenvalue weighted by atomic mass is 9.52. The Morgan fingerprint density at radius 3 is 2.42 bits per heavy atom. The second-order valence-electron chi connectivity index (χ2n) is 11.2. The molecular weight excluding hydrogens is 464 g/mol. The van der Waals surface area contributed by atoms with E-state index >= 15 is 0 Å². The molecule has 2 unspecified atom stereocenters. The number of aryl methyl sites for hydroxylation is 1. The summed E-state index contributed by atoms with van der Waals surface area (Å²) < 4.78 is 0. The predicted molar refractivity (Wildman–Crippen MR) is 129 cm³/mol. The number of ketones is 4. The highest BCUT2D eigenvalue weighted by Gasteiger charge is 2.69. The third kappa shape index (κ3) is 3.80. The number of benzene rings is 1. The van der Waals surface area contributed by atoms with Gasteiger partial charge in [0.1, 0.15) is 5.75 Å². The molecule has 9 nitrogen and oxygen atoms in total. The predicted octanol–water partition coefficient (Wildman–Crippen LogP) is 0.846. The maximum absolute atomic E-state index is 13.8. The first-order valence-electron chi connectivity index (χ1n) is 12.5. The zero-order chi connectivity index (χ0) is 26.7. The Kier molecular flexibility index (Phi) is 6.68. The number of amides is 1. The summed E-state index contributed by atoms with van der Waals surface area (Å²) in [6, 6.07) is 2.15. The number of fused-ring (bicyclic) bond motifs is 3. The Morgan fingerprint density at radius 2 is 1.83 bits per heavy atom. The quantitative estimate of drug-likeness (QED) is 0.488. The molecule has 4 rings (SSSR count). The van der Waals surface area contributed by atoms with E-state index in [1.807, 2.05) is 0 Å². The Morgan fingerprint density at radius 1 is 1.17 bits per heavy atom. The van der Waals surface area contributed by atoms with E-state index in [-0.39, 0.29) is 17.7 Å². The lowest BCUT2D eigenvalue weighted by Crippen LogP contribution is -2.74. The number of hydrogen-bond acceptors (Lipinski definition) is 8. The van der Waals surface area contributed by atoms with Gasteiger partial charge in [0.05, 0.1) is 17.5 Å². The van der Waals surface area contributed by atoms with Crippen molar-refractivity contribution in [3.63, 3.8) is 0 Å². The summed E-state index contributed by atoms with van der Waals surface area (Å²) in [7, 11) is 3.14. The molecule has 1 aromatic carbocycles. The van der Waals surface area contributed by atoms with Gasteiger partial charge in [0.25, 0.3) is 0 Å². The molecule has 1 aromatic rings. The molecule has 6 atom stereocenters. The van der Waals surface area contributed by atoms with Crippen LogP contribution in [0.3, 0.4) is 0 Å². The van der Waals surface area contributed by atoms with Crippen molar-refractivity contribution in [3.8, 4) is 5.75 Å². The monoisotopic (exact) mass is 498 g/mol. The van der Waals surface area contributed by atoms with Gasteiger partial charge in [-0.15, -0.1) is 0 Å². The highest BCUT2D eigenvalue weighted by molar-refractivity contribution is 6.32. The molecule has 0 heterocycles. The molecule has 1 amide bonds. The lowest BCUT2D eigenvalue weighted by Gasteiger charge is -2.52. The van der Waals surface area contributed by atoms with Crippen molar-refractivity contribution >= 4 is 29.0 Å². The van der Waals surface area contributed by atoms with Crippen molar-refractivity contribution in [1.82, 2.24) is 4.90 Å². The van der Waals surface area contributed by atoms with Crippen LogP contribution >= 0.6 is 0 Å². The van der Waals surface area contributed by atoms with E-state index in [2.05, 4.69) is 13.8 Å². The average molecular weight is 499 g/mol. The third-order valence-electron chi connectivity index (χ3n) is 8.27. The fraction of sp³-hybridized carbons (Fsp3) is 0.593. The van der Waals surface area contributed by atoms with Crippen LogP contribution in [0.15, 0.2) is 12.1 Å². The van der Waals surface area contributed by atoms with E-state index < -0.39 is 64.4 Å². The first-order chi connectivity index (χ1) is 16.8. The number of hydrogen-bond donors (Lipinski definition) is 3. The van der Waals surface area contributed by atoms with Crippen molar-refractivity contribution < 1.29 is 34.2 Å². The number of aromatic hydroxyl groups is 1. The standard InChI is InChI=1S/C27H34N2O7/c1-12(2)6-5-7-13-8-9-17(30)19-15(13)10-14-11-16-21(29(3)4)23(32)20(26(28)35)25(34)27(16,36)24(33)18(14)22(19)31/h8-9,12,14,16,18,20-21,30,36H,5-7,10-11H2,1-4H3,(H2,28,35)/t14-,16-,18?,20?,21-,27-/m0/s1. The molecule has 194 valence electrons. The van der Waals surface area contributed by atoms with Crippen molar-refractivity contribution in [2.45, 2.75) is 57.6 Å². The molecule has 0 bridgehead atoms. The van der Waals surface area contributed by atoms with Crippen molar-refractivity contribution in [2.24, 2.45) is 35.3 Å². The summed E-state index contributed by atoms with van der Waals surface area (Å²) in [6.07, 6.45) is 2.98. The topological polar surface area (TPSA) is 155 Å². The molecule has 2 saturated carbocycles. The lowest BCUT2D eigenvalue weighted by molar-refractivity contribution is -0.181. The molecule has 0 saturated heterocycles. The van der Waals surface area contributed by atoms with E-state index in [1.165, 1.54) is 11.0 Å². The van der Waals surface area contributed by atoms with Crippen LogP contribution in [0, 0.1) is 29.6 Å². The zero-order valence-electron chi connectivity index (χ0n) is 21.1. The van der Waals surface area contributed by atoms with E-state index in [4.69, 9.17) is 5.73 Å². The molecule has 2 fully saturated rings. The van der Waals surface area contributed by atoms with Gasteiger partial charge in [0.15, 0.2) is 34.7 Å². The first-order valence-corrected chi connectivity index (χ1v) is 12.5. The maximum atomic E-state index is 13.8. The summed E-state index contributed by atoms with van der Waals surface area (Å²) in [4.78, 5) is 67.3. The molecule has 3 aliphatic rings. The summed E-state index contributed by atoms with van der Waals surface area (Å²) in [6.45, 7) is 4.26. The fourth-order valence-electron chi connectivity index (χ4n) is 6.60. The molecule has 36 heavy (non-hydrogen) atoms. The second-order valence-corrected chi connectivity index (χ2v) is 11.2. The molecule has 4 N–H and O–H groups in total. The minimum Gasteiger partial charge on any atom is -0.507 e. The van der Waals surface area contributed by atoms with Gasteiger partial charge in [-0.05, 0) is 68.8 Å². The number of carbonyl (C=O) groups excluding carboxylic acids is 5. The molecule has 0 aliphatic heterocycles. The minimum absolute atomic E-state index is 0.0589. The highest BCUT2D eigenvalue weighted by atomic mass is 16.3. The largest absolute Gasteiger partial charge is 0.507 e. The number of nitrogens with two attached hydrogens (primary N) is 1. The first kappa shape index (κ1) is 26.2. The molecule has 9 heteroatoms. The van der Waals surface area contributed by atoms with Crippen molar-refractivity contribution in [3.05, 3.63) is 28.8 Å². The molecular formula is C27H34N2O7. The van der Waals surface area contributed by atoms with Crippen molar-refractivity contribution in [2.75, 3.05) is 14.1 Å². The van der Waals surface area contributed by atoms with Crippen LogP contribution in [-0.4, -0.2) is 69.9 Å². The van der Waals surface area contributed by atoms with Crippen LogP contribution in [0.4, 0.5) is 0 Å². The smallest absolute Gasteiger partial charge is 0.235 e. The number of likely N-dealkylation sites (N-methyl/N-ethyl adjacent to an activating group) is 1. The highest BCUT2D eigenvalue weighted by Crippen LogP contribution is 2.51. The number of phenols is 1. The summed E-state index contributed by atoms with van der Waals surface area (Å²) >= 11 is 0. The van der Waals surface area contributed by atoms with Gasteiger partial charge in [0.2, 0.25) is 5.91 Å². The van der Waals surface area contributed by atoms with Crippen LogP contribution in [0.2, 0.25) is 0 Å². The van der Waals surface area contributed by atoms with Crippen molar-refractivity contribution in [1.29, 1.82) is 0 Å². The van der Waals surface area contributed by atoms with Crippen LogP contribution in [-0.2, 0) is 32.0 Å². The Balaban J connectivity index is 1.79. The summed E-state index contributed by atoms with van der Waals surface area (Å²) in [5.41, 5.74) is 4.31. The number of rotatable bonds is 6. The molecule has 0 spiro atoms. The van der Waals surface area contributed by atoms with E-state index in [0.717, 1.165) is 18.4 Å². The SMILES string of the molecule is CC(C)CCCc1ccc(O)c2c1C[C@H]1C[C@H]3[C@H](N(C)C)C(=O)C(C(N)=O)C(=O)[C@@]3(O)C(=O)C1C2=O. The normalized spacial score (nSPS) is 31.9. The molecule has 3 aliphatic carbocycles. The number of nitrogens with zero attached hydrogens (tertiary/aromatic N) is 1. The summed E-state index contributed by atoms with van der Waals surface area (Å²) in [5, 5.41) is 22.2. The summed E-state index contributed by atoms with van der Waals surface area (Å²) in [5.74, 6) is -9.60. The minimum atomic E-state index is -2.69. The van der Waals surface area contributed by atoms with Gasteiger partial charge >= 0.3 is 0 Å². The Labute approximate surface area is 210 Å². The van der Waals surface area contributed by atoms with Crippen LogP contribution in [0.1, 0.15) is 54.6 Å². The van der Waals surface area contributed by atoms with Gasteiger partial charge in [-0.2, -0.15) is 0 Å². The van der Waals surface area contributed by atoms with Crippen LogP contribution in [0.25, 0.3) is 0 Å². The number of primary amides is 1. The average Bonchev–Trinajstić information content (AvgIpc) is 2.77. The second kappa shape index (κ2) is 9.19. The Bertz CT molecular complexity index is 1160. The van der Waals surface area contributed by atoms with Crippen LogP contribution in [0.5, 0.6) is 5.75 Å². The molecule has 0 radical (unpaired) electrons. The fourth-order valence-corrected chi connectivity index (χ4v) is 6.60. The van der Waals surface area contributed by atoms with E-state index in [9.17, 15) is 34.2 Å². The van der Waals surface area contributed by atoms with Gasteiger partial charge in [-0.3, -0.25) is 28.9 Å².